The van der Waals surface area contributed by atoms with E-state index in [2.05, 4.69) is 5.32 Å². The van der Waals surface area contributed by atoms with Crippen molar-refractivity contribution in [1.29, 1.82) is 5.26 Å². The van der Waals surface area contributed by atoms with Crippen molar-refractivity contribution >= 4 is 17.6 Å². The maximum Gasteiger partial charge on any atom is 0.315 e. The second-order valence-corrected chi connectivity index (χ2v) is 3.36. The quantitative estimate of drug-likeness (QED) is 0.775. The number of amides is 1. The largest absolute Gasteiger partial charge is 0.481 e. The minimum atomic E-state index is -1.29. The van der Waals surface area contributed by atoms with Crippen LogP contribution in [0.15, 0.2) is 18.2 Å². The van der Waals surface area contributed by atoms with Gasteiger partial charge in [0, 0.05) is 0 Å². The summed E-state index contributed by atoms with van der Waals surface area (Å²) < 4.78 is 13.3. The molecule has 1 rings (SSSR count). The molecule has 0 aromatic heterocycles. The summed E-state index contributed by atoms with van der Waals surface area (Å²) in [7, 11) is 0. The van der Waals surface area contributed by atoms with E-state index in [0.29, 0.717) is 0 Å². The third-order valence-corrected chi connectivity index (χ3v) is 2.12. The van der Waals surface area contributed by atoms with Gasteiger partial charge in [-0.1, -0.05) is 0 Å². The lowest BCUT2D eigenvalue weighted by Crippen LogP contribution is -2.27. The Hall–Kier alpha value is -2.42. The zero-order chi connectivity index (χ0) is 13.0. The average molecular weight is 236 g/mol. The first-order chi connectivity index (χ1) is 7.95. The molecule has 6 heteroatoms. The van der Waals surface area contributed by atoms with Crippen molar-refractivity contribution in [3.8, 4) is 6.07 Å². The minimum Gasteiger partial charge on any atom is -0.481 e. The Morgan fingerprint density at radius 2 is 2.18 bits per heavy atom. The van der Waals surface area contributed by atoms with Crippen molar-refractivity contribution in [2.24, 2.45) is 5.92 Å². The molecule has 0 spiro atoms. The second-order valence-electron chi connectivity index (χ2n) is 3.36. The highest BCUT2D eigenvalue weighted by Crippen LogP contribution is 2.16. The molecule has 0 saturated carbocycles. The average Bonchev–Trinajstić information content (AvgIpc) is 2.30. The van der Waals surface area contributed by atoms with Crippen LogP contribution in [0, 0.1) is 23.1 Å². The molecule has 1 aromatic rings. The number of hydrogen-bond donors (Lipinski definition) is 2. The van der Waals surface area contributed by atoms with Crippen LogP contribution in [0.1, 0.15) is 12.5 Å². The first-order valence-electron chi connectivity index (χ1n) is 4.69. The molecule has 1 unspecified atom stereocenters. The Kier molecular flexibility index (Phi) is 3.78. The number of hydrogen-bond acceptors (Lipinski definition) is 3. The number of carboxylic acid groups (broad SMARTS) is 1. The van der Waals surface area contributed by atoms with Crippen LogP contribution in [0.3, 0.4) is 0 Å². The molecule has 0 aliphatic carbocycles. The third kappa shape index (κ3) is 3.01. The Morgan fingerprint density at radius 1 is 1.53 bits per heavy atom. The van der Waals surface area contributed by atoms with Gasteiger partial charge in [-0.15, -0.1) is 0 Å². The lowest BCUT2D eigenvalue weighted by Gasteiger charge is -2.09. The highest BCUT2D eigenvalue weighted by atomic mass is 19.1. The Bertz CT molecular complexity index is 508. The van der Waals surface area contributed by atoms with E-state index in [9.17, 15) is 14.0 Å². The SMILES string of the molecule is CC(C(=O)O)C(=O)Nc1ccc(C#N)cc1F. The summed E-state index contributed by atoms with van der Waals surface area (Å²) in [6.07, 6.45) is 0. The number of carboxylic acids is 1. The molecule has 5 nitrogen and oxygen atoms in total. The number of nitrogens with zero attached hydrogens (tertiary/aromatic N) is 1. The Morgan fingerprint density at radius 3 is 2.65 bits per heavy atom. The monoisotopic (exact) mass is 236 g/mol. The molecule has 0 radical (unpaired) electrons. The summed E-state index contributed by atoms with van der Waals surface area (Å²) in [6.45, 7) is 1.19. The van der Waals surface area contributed by atoms with Crippen LogP contribution in [0.25, 0.3) is 0 Å². The molecular weight excluding hydrogens is 227 g/mol. The van der Waals surface area contributed by atoms with E-state index in [4.69, 9.17) is 10.4 Å². The number of carbonyl (C=O) groups is 2. The Labute approximate surface area is 96.5 Å². The molecule has 88 valence electrons. The predicted molar refractivity (Wildman–Crippen MR) is 56.5 cm³/mol. The van der Waals surface area contributed by atoms with Crippen molar-refractivity contribution < 1.29 is 19.1 Å². The topological polar surface area (TPSA) is 90.2 Å². The molecule has 1 atom stereocenters. The van der Waals surface area contributed by atoms with Crippen LogP contribution >= 0.6 is 0 Å². The molecule has 2 N–H and O–H groups in total. The molecular formula is C11H9FN2O3. The first-order valence-corrected chi connectivity index (χ1v) is 4.69. The van der Waals surface area contributed by atoms with E-state index >= 15 is 0 Å². The predicted octanol–water partition coefficient (Wildman–Crippen LogP) is 1.36. The maximum absolute atomic E-state index is 13.3. The van der Waals surface area contributed by atoms with Gasteiger partial charge in [-0.05, 0) is 25.1 Å². The summed E-state index contributed by atoms with van der Waals surface area (Å²) in [5.74, 6) is -4.17. The van der Waals surface area contributed by atoms with E-state index in [-0.39, 0.29) is 11.3 Å². The zero-order valence-electron chi connectivity index (χ0n) is 8.90. The van der Waals surface area contributed by atoms with Crippen molar-refractivity contribution in [3.63, 3.8) is 0 Å². The van der Waals surface area contributed by atoms with Gasteiger partial charge < -0.3 is 10.4 Å². The van der Waals surface area contributed by atoms with Crippen molar-refractivity contribution in [2.45, 2.75) is 6.92 Å². The molecule has 0 saturated heterocycles. The van der Waals surface area contributed by atoms with Crippen molar-refractivity contribution in [1.82, 2.24) is 0 Å². The smallest absolute Gasteiger partial charge is 0.315 e. The maximum atomic E-state index is 13.3. The van der Waals surface area contributed by atoms with Gasteiger partial charge in [0.15, 0.2) is 0 Å². The van der Waals surface area contributed by atoms with Crippen LogP contribution in [-0.4, -0.2) is 17.0 Å². The molecule has 1 amide bonds. The van der Waals surface area contributed by atoms with Gasteiger partial charge in [-0.2, -0.15) is 5.26 Å². The normalized spacial score (nSPS) is 11.4. The van der Waals surface area contributed by atoms with Gasteiger partial charge in [-0.3, -0.25) is 9.59 Å². The van der Waals surface area contributed by atoms with Gasteiger partial charge >= 0.3 is 5.97 Å². The number of rotatable bonds is 3. The van der Waals surface area contributed by atoms with Gasteiger partial charge in [-0.25, -0.2) is 4.39 Å². The van der Waals surface area contributed by atoms with Crippen LogP contribution in [0.5, 0.6) is 0 Å². The summed E-state index contributed by atoms with van der Waals surface area (Å²) in [4.78, 5) is 21.9. The molecule has 0 aliphatic rings. The molecule has 0 aliphatic heterocycles. The molecule has 0 bridgehead atoms. The first kappa shape index (κ1) is 12.6. The van der Waals surface area contributed by atoms with Gasteiger partial charge in [0.1, 0.15) is 11.7 Å². The summed E-state index contributed by atoms with van der Waals surface area (Å²) in [5, 5.41) is 19.2. The van der Waals surface area contributed by atoms with Crippen LogP contribution in [-0.2, 0) is 9.59 Å². The van der Waals surface area contributed by atoms with E-state index in [1.165, 1.54) is 19.1 Å². The number of anilines is 1. The third-order valence-electron chi connectivity index (χ3n) is 2.12. The minimum absolute atomic E-state index is 0.117. The fraction of sp³-hybridized carbons (Fsp3) is 0.182. The molecule has 0 heterocycles. The van der Waals surface area contributed by atoms with E-state index < -0.39 is 23.6 Å². The zero-order valence-corrected chi connectivity index (χ0v) is 8.90. The standard InChI is InChI=1S/C11H9FN2O3/c1-6(11(16)17)10(15)14-9-3-2-7(5-13)4-8(9)12/h2-4,6H,1H3,(H,14,15)(H,16,17). The fourth-order valence-corrected chi connectivity index (χ4v) is 1.04. The van der Waals surface area contributed by atoms with E-state index in [0.717, 1.165) is 6.07 Å². The number of halogens is 1. The second kappa shape index (κ2) is 5.07. The van der Waals surface area contributed by atoms with E-state index in [1.807, 2.05) is 0 Å². The highest BCUT2D eigenvalue weighted by molar-refractivity contribution is 6.03. The number of carbonyl (C=O) groups excluding carboxylic acids is 1. The van der Waals surface area contributed by atoms with Crippen molar-refractivity contribution in [2.75, 3.05) is 5.32 Å². The number of nitrogens with one attached hydrogen (secondary N) is 1. The number of aliphatic carboxylic acids is 1. The number of nitriles is 1. The van der Waals surface area contributed by atoms with Crippen LogP contribution < -0.4 is 5.32 Å². The summed E-state index contributed by atoms with van der Waals surface area (Å²) in [6, 6.07) is 5.23. The van der Waals surface area contributed by atoms with Gasteiger partial charge in [0.2, 0.25) is 5.91 Å². The van der Waals surface area contributed by atoms with Gasteiger partial charge in [0.25, 0.3) is 0 Å². The molecule has 0 fully saturated rings. The highest BCUT2D eigenvalue weighted by Gasteiger charge is 2.21. The Balaban J connectivity index is 2.87. The molecule has 1 aromatic carbocycles. The number of benzene rings is 1. The van der Waals surface area contributed by atoms with Crippen molar-refractivity contribution in [3.05, 3.63) is 29.6 Å². The lowest BCUT2D eigenvalue weighted by atomic mass is 10.1. The summed E-state index contributed by atoms with van der Waals surface area (Å²) in [5.41, 5.74) is -0.0334. The fourth-order valence-electron chi connectivity index (χ4n) is 1.04. The van der Waals surface area contributed by atoms with E-state index in [1.54, 1.807) is 6.07 Å². The molecule has 17 heavy (non-hydrogen) atoms. The lowest BCUT2D eigenvalue weighted by molar-refractivity contribution is -0.144. The van der Waals surface area contributed by atoms with Crippen LogP contribution in [0.4, 0.5) is 10.1 Å². The van der Waals surface area contributed by atoms with Gasteiger partial charge in [0.05, 0.1) is 17.3 Å². The van der Waals surface area contributed by atoms with Crippen LogP contribution in [0.2, 0.25) is 0 Å². The summed E-state index contributed by atoms with van der Waals surface area (Å²) >= 11 is 0.